The fourth-order valence-electron chi connectivity index (χ4n) is 0.703. The normalized spacial score (nSPS) is 9.80. The van der Waals surface area contributed by atoms with Crippen molar-refractivity contribution in [3.63, 3.8) is 0 Å². The molecule has 0 aromatic heterocycles. The first-order valence-electron chi connectivity index (χ1n) is 2.84. The van der Waals surface area contributed by atoms with Crippen LogP contribution in [0.4, 0.5) is 10.1 Å². The van der Waals surface area contributed by atoms with Gasteiger partial charge in [-0.15, -0.1) is 0 Å². The van der Waals surface area contributed by atoms with Crippen molar-refractivity contribution in [2.24, 2.45) is 0 Å². The maximum Gasteiger partial charge on any atom is 0.150 e. The number of nitrogens with two attached hydrogens (primary N) is 1. The summed E-state index contributed by atoms with van der Waals surface area (Å²) in [5.74, 6) is -0.320. The molecular formula is C7H7BrFN. The van der Waals surface area contributed by atoms with Gasteiger partial charge in [0, 0.05) is 10.9 Å². The lowest BCUT2D eigenvalue weighted by Gasteiger charge is -1.99. The van der Waals surface area contributed by atoms with E-state index >= 15 is 0 Å². The SMILES string of the molecule is Nc1cccc(CBr)c1F. The highest BCUT2D eigenvalue weighted by Crippen LogP contribution is 2.16. The van der Waals surface area contributed by atoms with Crippen molar-refractivity contribution in [1.82, 2.24) is 0 Å². The Labute approximate surface area is 67.2 Å². The molecule has 1 aromatic rings. The van der Waals surface area contributed by atoms with Gasteiger partial charge >= 0.3 is 0 Å². The van der Waals surface area contributed by atoms with Gasteiger partial charge in [-0.25, -0.2) is 4.39 Å². The summed E-state index contributed by atoms with van der Waals surface area (Å²) in [5.41, 5.74) is 6.10. The third-order valence-corrected chi connectivity index (χ3v) is 1.86. The molecule has 0 bridgehead atoms. The van der Waals surface area contributed by atoms with Crippen LogP contribution >= 0.6 is 15.9 Å². The molecule has 10 heavy (non-hydrogen) atoms. The maximum atomic E-state index is 12.8. The Balaban J connectivity index is 3.14. The second kappa shape index (κ2) is 3.01. The first-order valence-corrected chi connectivity index (χ1v) is 3.96. The van der Waals surface area contributed by atoms with Crippen molar-refractivity contribution in [3.05, 3.63) is 29.6 Å². The van der Waals surface area contributed by atoms with Gasteiger partial charge in [0.2, 0.25) is 0 Å². The van der Waals surface area contributed by atoms with Crippen LogP contribution in [0.1, 0.15) is 5.56 Å². The molecule has 0 saturated carbocycles. The van der Waals surface area contributed by atoms with Crippen molar-refractivity contribution >= 4 is 21.6 Å². The molecule has 3 heteroatoms. The molecule has 0 aliphatic carbocycles. The minimum atomic E-state index is -0.320. The summed E-state index contributed by atoms with van der Waals surface area (Å²) in [5, 5.41) is 0.504. The number of anilines is 1. The van der Waals surface area contributed by atoms with Crippen LogP contribution < -0.4 is 5.73 Å². The quantitative estimate of drug-likeness (QED) is 0.551. The molecule has 54 valence electrons. The third kappa shape index (κ3) is 1.29. The molecule has 0 saturated heterocycles. The number of alkyl halides is 1. The van der Waals surface area contributed by atoms with E-state index in [1.165, 1.54) is 0 Å². The third-order valence-electron chi connectivity index (χ3n) is 1.25. The lowest BCUT2D eigenvalue weighted by Crippen LogP contribution is -1.93. The van der Waals surface area contributed by atoms with Crippen LogP contribution in [0, 0.1) is 5.82 Å². The first-order chi connectivity index (χ1) is 4.75. The van der Waals surface area contributed by atoms with Gasteiger partial charge in [-0.1, -0.05) is 28.1 Å². The van der Waals surface area contributed by atoms with E-state index in [0.29, 0.717) is 10.9 Å². The standard InChI is InChI=1S/C7H7BrFN/c8-4-5-2-1-3-6(10)7(5)9/h1-3H,4,10H2. The van der Waals surface area contributed by atoms with E-state index in [-0.39, 0.29) is 11.5 Å². The van der Waals surface area contributed by atoms with E-state index in [0.717, 1.165) is 0 Å². The Morgan fingerprint density at radius 3 is 2.70 bits per heavy atom. The smallest absolute Gasteiger partial charge is 0.150 e. The topological polar surface area (TPSA) is 26.0 Å². The second-order valence-corrected chi connectivity index (χ2v) is 2.51. The van der Waals surface area contributed by atoms with Crippen molar-refractivity contribution < 1.29 is 4.39 Å². The molecule has 1 aromatic carbocycles. The zero-order chi connectivity index (χ0) is 7.56. The van der Waals surface area contributed by atoms with Crippen molar-refractivity contribution in [3.8, 4) is 0 Å². The number of rotatable bonds is 1. The zero-order valence-corrected chi connectivity index (χ0v) is 6.86. The van der Waals surface area contributed by atoms with Crippen molar-refractivity contribution in [2.75, 3.05) is 5.73 Å². The Hall–Kier alpha value is -0.570. The summed E-state index contributed by atoms with van der Waals surface area (Å²) in [6.45, 7) is 0. The molecule has 0 atom stereocenters. The summed E-state index contributed by atoms with van der Waals surface area (Å²) in [4.78, 5) is 0. The summed E-state index contributed by atoms with van der Waals surface area (Å²) in [6, 6.07) is 4.97. The largest absolute Gasteiger partial charge is 0.396 e. The van der Waals surface area contributed by atoms with E-state index < -0.39 is 0 Å². The molecule has 0 spiro atoms. The molecule has 1 rings (SSSR count). The Morgan fingerprint density at radius 1 is 1.50 bits per heavy atom. The Bertz CT molecular complexity index is 237. The van der Waals surface area contributed by atoms with E-state index in [4.69, 9.17) is 5.73 Å². The van der Waals surface area contributed by atoms with Crippen LogP contribution in [0.3, 0.4) is 0 Å². The van der Waals surface area contributed by atoms with Crippen molar-refractivity contribution in [1.29, 1.82) is 0 Å². The van der Waals surface area contributed by atoms with Gasteiger partial charge in [0.1, 0.15) is 5.82 Å². The summed E-state index contributed by atoms with van der Waals surface area (Å²) >= 11 is 3.15. The molecule has 0 amide bonds. The predicted molar refractivity (Wildman–Crippen MR) is 43.4 cm³/mol. The minimum Gasteiger partial charge on any atom is -0.396 e. The monoisotopic (exact) mass is 203 g/mol. The molecular weight excluding hydrogens is 197 g/mol. The van der Waals surface area contributed by atoms with E-state index in [1.807, 2.05) is 0 Å². The highest BCUT2D eigenvalue weighted by Gasteiger charge is 2.01. The first kappa shape index (κ1) is 7.54. The molecule has 1 nitrogen and oxygen atoms in total. The van der Waals surface area contributed by atoms with Gasteiger partial charge in [-0.05, 0) is 6.07 Å². The summed E-state index contributed by atoms with van der Waals surface area (Å²) < 4.78 is 12.8. The van der Waals surface area contributed by atoms with Crippen molar-refractivity contribution in [2.45, 2.75) is 5.33 Å². The van der Waals surface area contributed by atoms with Gasteiger partial charge in [0.05, 0.1) is 5.69 Å². The van der Waals surface area contributed by atoms with Crippen LogP contribution in [0.15, 0.2) is 18.2 Å². The second-order valence-electron chi connectivity index (χ2n) is 1.95. The number of halogens is 2. The summed E-state index contributed by atoms with van der Waals surface area (Å²) in [7, 11) is 0. The van der Waals surface area contributed by atoms with Crippen LogP contribution in [-0.4, -0.2) is 0 Å². The number of hydrogen-bond acceptors (Lipinski definition) is 1. The van der Waals surface area contributed by atoms with Gasteiger partial charge < -0.3 is 5.73 Å². The Kier molecular flexibility index (Phi) is 2.27. The molecule has 0 unspecified atom stereocenters. The van der Waals surface area contributed by atoms with Gasteiger partial charge in [0.15, 0.2) is 0 Å². The molecule has 0 aliphatic rings. The zero-order valence-electron chi connectivity index (χ0n) is 5.27. The minimum absolute atomic E-state index is 0.206. The molecule has 0 fully saturated rings. The maximum absolute atomic E-state index is 12.8. The molecule has 0 radical (unpaired) electrons. The van der Waals surface area contributed by atoms with E-state index in [9.17, 15) is 4.39 Å². The number of benzene rings is 1. The predicted octanol–water partition coefficient (Wildman–Crippen LogP) is 2.30. The van der Waals surface area contributed by atoms with Gasteiger partial charge in [-0.2, -0.15) is 0 Å². The fourth-order valence-corrected chi connectivity index (χ4v) is 1.14. The highest BCUT2D eigenvalue weighted by molar-refractivity contribution is 9.08. The lowest BCUT2D eigenvalue weighted by molar-refractivity contribution is 0.622. The van der Waals surface area contributed by atoms with Gasteiger partial charge in [-0.3, -0.25) is 0 Å². The van der Waals surface area contributed by atoms with Gasteiger partial charge in [0.25, 0.3) is 0 Å². The fraction of sp³-hybridized carbons (Fsp3) is 0.143. The van der Waals surface area contributed by atoms with Crippen LogP contribution in [0.5, 0.6) is 0 Å². The number of hydrogen-bond donors (Lipinski definition) is 1. The van der Waals surface area contributed by atoms with Crippen LogP contribution in [-0.2, 0) is 5.33 Å². The van der Waals surface area contributed by atoms with E-state index in [1.54, 1.807) is 18.2 Å². The number of nitrogen functional groups attached to an aromatic ring is 1. The molecule has 0 aliphatic heterocycles. The molecule has 2 N–H and O–H groups in total. The van der Waals surface area contributed by atoms with Crippen LogP contribution in [0.25, 0.3) is 0 Å². The Morgan fingerprint density at radius 2 is 2.20 bits per heavy atom. The molecule has 0 heterocycles. The van der Waals surface area contributed by atoms with E-state index in [2.05, 4.69) is 15.9 Å². The summed E-state index contributed by atoms with van der Waals surface area (Å²) in [6.07, 6.45) is 0. The average Bonchev–Trinajstić information content (AvgIpc) is 1.95. The average molecular weight is 204 g/mol. The van der Waals surface area contributed by atoms with Crippen LogP contribution in [0.2, 0.25) is 0 Å². The lowest BCUT2D eigenvalue weighted by atomic mass is 10.2. The highest BCUT2D eigenvalue weighted by atomic mass is 79.9.